The summed E-state index contributed by atoms with van der Waals surface area (Å²) in [5.74, 6) is -1.35. The number of aromatic carboxylic acids is 1. The van der Waals surface area contributed by atoms with Gasteiger partial charge in [-0.1, -0.05) is 11.6 Å². The normalized spacial score (nSPS) is 8.93. The largest absolute Gasteiger partial charge is 0.478 e. The van der Waals surface area contributed by atoms with E-state index in [0.29, 0.717) is 0 Å². The van der Waals surface area contributed by atoms with Crippen LogP contribution in [0.25, 0.3) is 0 Å². The van der Waals surface area contributed by atoms with E-state index in [4.69, 9.17) is 16.7 Å². The molecule has 14 heavy (non-hydrogen) atoms. The van der Waals surface area contributed by atoms with Gasteiger partial charge in [0.2, 0.25) is 0 Å². The minimum Gasteiger partial charge on any atom is -0.478 e. The van der Waals surface area contributed by atoms with Crippen LogP contribution in [0.5, 0.6) is 0 Å². The van der Waals surface area contributed by atoms with Crippen molar-refractivity contribution in [2.24, 2.45) is 0 Å². The fourth-order valence-electron chi connectivity index (χ4n) is 0.687. The lowest BCUT2D eigenvalue weighted by Crippen LogP contribution is -2.00. The summed E-state index contributed by atoms with van der Waals surface area (Å²) in [5, 5.41) is 18.5. The Morgan fingerprint density at radius 3 is 2.64 bits per heavy atom. The molecule has 1 heterocycles. The van der Waals surface area contributed by atoms with Gasteiger partial charge in [0.05, 0.1) is 4.92 Å². The van der Waals surface area contributed by atoms with Crippen molar-refractivity contribution in [3.8, 4) is 0 Å². The summed E-state index contributed by atoms with van der Waals surface area (Å²) < 4.78 is 0. The summed E-state index contributed by atoms with van der Waals surface area (Å²) in [6.07, 6.45) is 0.898. The van der Waals surface area contributed by atoms with E-state index in [1.807, 2.05) is 0 Å². The van der Waals surface area contributed by atoms with Crippen LogP contribution >= 0.6 is 24.0 Å². The molecule has 0 aromatic carbocycles. The topological polar surface area (TPSA) is 93.3 Å². The summed E-state index contributed by atoms with van der Waals surface area (Å²) >= 11 is 5.38. The molecule has 1 aromatic rings. The molecule has 0 bridgehead atoms. The number of hydrogen-bond acceptors (Lipinski definition) is 4. The molecule has 0 aliphatic heterocycles. The molecule has 0 saturated heterocycles. The molecule has 0 saturated carbocycles. The van der Waals surface area contributed by atoms with Crippen LogP contribution in [-0.4, -0.2) is 21.0 Å². The molecular weight excluding hydrogens is 235 g/mol. The highest BCUT2D eigenvalue weighted by atomic mass is 35.5. The molecule has 6 nitrogen and oxygen atoms in total. The Bertz CT molecular complexity index is 382. The third-order valence-electron chi connectivity index (χ3n) is 1.27. The van der Waals surface area contributed by atoms with Crippen LogP contribution in [0.2, 0.25) is 5.15 Å². The second-order valence-corrected chi connectivity index (χ2v) is 2.45. The van der Waals surface area contributed by atoms with Gasteiger partial charge in [-0.15, -0.1) is 12.4 Å². The van der Waals surface area contributed by atoms with Gasteiger partial charge in [0.25, 0.3) is 5.69 Å². The van der Waals surface area contributed by atoms with Crippen LogP contribution in [-0.2, 0) is 0 Å². The average molecular weight is 239 g/mol. The van der Waals surface area contributed by atoms with Gasteiger partial charge < -0.3 is 5.11 Å². The van der Waals surface area contributed by atoms with Crippen LogP contribution in [0.15, 0.2) is 12.3 Å². The first-order valence-electron chi connectivity index (χ1n) is 3.05. The number of aromatic nitrogens is 1. The van der Waals surface area contributed by atoms with Crippen LogP contribution in [0.1, 0.15) is 10.4 Å². The smallest absolute Gasteiger partial charge is 0.339 e. The van der Waals surface area contributed by atoms with Crippen LogP contribution < -0.4 is 0 Å². The van der Waals surface area contributed by atoms with Crippen molar-refractivity contribution in [3.63, 3.8) is 0 Å². The third-order valence-corrected chi connectivity index (χ3v) is 1.57. The first-order chi connectivity index (χ1) is 6.02. The lowest BCUT2D eigenvalue weighted by atomic mass is 10.3. The SMILES string of the molecule is Cl.O=C(O)c1cc([N+](=O)[O-])cnc1Cl. The molecule has 76 valence electrons. The molecular formula is C6H4Cl2N2O4. The molecule has 0 unspecified atom stereocenters. The summed E-state index contributed by atoms with van der Waals surface area (Å²) in [5.41, 5.74) is -0.780. The number of hydrogen-bond donors (Lipinski definition) is 1. The number of rotatable bonds is 2. The van der Waals surface area contributed by atoms with Gasteiger partial charge in [0, 0.05) is 6.07 Å². The third kappa shape index (κ3) is 2.54. The second kappa shape index (κ2) is 4.73. The van der Waals surface area contributed by atoms with Gasteiger partial charge >= 0.3 is 5.97 Å². The average Bonchev–Trinajstić information content (AvgIpc) is 2.04. The van der Waals surface area contributed by atoms with Crippen molar-refractivity contribution >= 4 is 35.7 Å². The van der Waals surface area contributed by atoms with Crippen molar-refractivity contribution in [2.45, 2.75) is 0 Å². The Morgan fingerprint density at radius 1 is 1.64 bits per heavy atom. The van der Waals surface area contributed by atoms with Crippen LogP contribution in [0.3, 0.4) is 0 Å². The minimum atomic E-state index is -1.35. The van der Waals surface area contributed by atoms with Crippen molar-refractivity contribution in [2.75, 3.05) is 0 Å². The maximum absolute atomic E-state index is 10.4. The first kappa shape index (κ1) is 12.6. The van der Waals surface area contributed by atoms with Gasteiger partial charge in [0.15, 0.2) is 0 Å². The lowest BCUT2D eigenvalue weighted by molar-refractivity contribution is -0.385. The predicted molar refractivity (Wildman–Crippen MR) is 50.1 cm³/mol. The van der Waals surface area contributed by atoms with E-state index in [-0.39, 0.29) is 23.1 Å². The number of pyridine rings is 1. The number of carbonyl (C=O) groups is 1. The van der Waals surface area contributed by atoms with E-state index in [1.165, 1.54) is 0 Å². The molecule has 0 amide bonds. The molecule has 0 atom stereocenters. The Kier molecular flexibility index (Phi) is 4.26. The lowest BCUT2D eigenvalue weighted by Gasteiger charge is -1.96. The maximum Gasteiger partial charge on any atom is 0.339 e. The van der Waals surface area contributed by atoms with E-state index in [2.05, 4.69) is 4.98 Å². The van der Waals surface area contributed by atoms with E-state index >= 15 is 0 Å². The van der Waals surface area contributed by atoms with Gasteiger partial charge in [-0.2, -0.15) is 0 Å². The Hall–Kier alpha value is -1.40. The quantitative estimate of drug-likeness (QED) is 0.482. The fraction of sp³-hybridized carbons (Fsp3) is 0. The van der Waals surface area contributed by atoms with E-state index in [0.717, 1.165) is 12.3 Å². The zero-order chi connectivity index (χ0) is 10.0. The minimum absolute atomic E-state index is 0. The molecule has 0 aliphatic carbocycles. The molecule has 1 rings (SSSR count). The highest BCUT2D eigenvalue weighted by molar-refractivity contribution is 6.32. The summed E-state index contributed by atoms with van der Waals surface area (Å²) in [7, 11) is 0. The number of nitro groups is 1. The van der Waals surface area contributed by atoms with E-state index in [1.54, 1.807) is 0 Å². The standard InChI is InChI=1S/C6H3ClN2O4.ClH/c7-5-4(6(10)11)1-3(2-8-5)9(12)13;/h1-2H,(H,10,11);1H. The van der Waals surface area contributed by atoms with Crippen molar-refractivity contribution in [1.29, 1.82) is 0 Å². The molecule has 0 aliphatic rings. The van der Waals surface area contributed by atoms with E-state index < -0.39 is 16.6 Å². The fourth-order valence-corrected chi connectivity index (χ4v) is 0.871. The summed E-state index contributed by atoms with van der Waals surface area (Å²) in [4.78, 5) is 23.3. The molecule has 1 N–H and O–H groups in total. The monoisotopic (exact) mass is 238 g/mol. The van der Waals surface area contributed by atoms with Crippen molar-refractivity contribution in [3.05, 3.63) is 33.1 Å². The zero-order valence-electron chi connectivity index (χ0n) is 6.51. The van der Waals surface area contributed by atoms with Crippen LogP contribution in [0.4, 0.5) is 5.69 Å². The van der Waals surface area contributed by atoms with Gasteiger partial charge in [-0.05, 0) is 0 Å². The molecule has 8 heteroatoms. The van der Waals surface area contributed by atoms with E-state index in [9.17, 15) is 14.9 Å². The number of nitrogens with zero attached hydrogens (tertiary/aromatic N) is 2. The molecule has 0 fully saturated rings. The van der Waals surface area contributed by atoms with Crippen molar-refractivity contribution < 1.29 is 14.8 Å². The first-order valence-corrected chi connectivity index (χ1v) is 3.43. The van der Waals surface area contributed by atoms with Crippen molar-refractivity contribution in [1.82, 2.24) is 4.98 Å². The van der Waals surface area contributed by atoms with Gasteiger partial charge in [-0.25, -0.2) is 9.78 Å². The number of carboxylic acids is 1. The highest BCUT2D eigenvalue weighted by Crippen LogP contribution is 2.18. The van der Waals surface area contributed by atoms with Crippen LogP contribution in [0, 0.1) is 10.1 Å². The van der Waals surface area contributed by atoms with Gasteiger partial charge in [-0.3, -0.25) is 10.1 Å². The van der Waals surface area contributed by atoms with Gasteiger partial charge in [0.1, 0.15) is 16.9 Å². The number of halogens is 2. The predicted octanol–water partition coefficient (Wildman–Crippen LogP) is 1.76. The molecule has 0 radical (unpaired) electrons. The summed E-state index contributed by atoms with van der Waals surface area (Å²) in [6, 6.07) is 0.859. The maximum atomic E-state index is 10.4. The molecule has 1 aromatic heterocycles. The Balaban J connectivity index is 0.00000169. The Morgan fingerprint density at radius 2 is 2.21 bits per heavy atom. The second-order valence-electron chi connectivity index (χ2n) is 2.09. The zero-order valence-corrected chi connectivity index (χ0v) is 8.08. The molecule has 0 spiro atoms. The Labute approximate surface area is 89.1 Å². The number of carboxylic acid groups (broad SMARTS) is 1. The highest BCUT2D eigenvalue weighted by Gasteiger charge is 2.15. The summed E-state index contributed by atoms with van der Waals surface area (Å²) in [6.45, 7) is 0.